The molecule has 0 atom stereocenters. The second-order valence-electron chi connectivity index (χ2n) is 3.46. The maximum atomic E-state index is 11.3. The normalized spacial score (nSPS) is 10.4. The van der Waals surface area contributed by atoms with Crippen molar-refractivity contribution in [3.63, 3.8) is 0 Å². The van der Waals surface area contributed by atoms with Gasteiger partial charge in [0.15, 0.2) is 5.82 Å². The van der Waals surface area contributed by atoms with Crippen molar-refractivity contribution in [2.75, 3.05) is 6.61 Å². The zero-order valence-corrected chi connectivity index (χ0v) is 11.7. The Morgan fingerprint density at radius 3 is 3.00 bits per heavy atom. The first-order chi connectivity index (χ1) is 9.20. The van der Waals surface area contributed by atoms with Crippen molar-refractivity contribution in [1.82, 2.24) is 10.1 Å². The van der Waals surface area contributed by atoms with Gasteiger partial charge in [0.25, 0.3) is 0 Å². The van der Waals surface area contributed by atoms with Crippen LogP contribution in [0.1, 0.15) is 23.4 Å². The van der Waals surface area contributed by atoms with Crippen LogP contribution in [0.25, 0.3) is 0 Å². The molecule has 19 heavy (non-hydrogen) atoms. The van der Waals surface area contributed by atoms with E-state index in [0.717, 1.165) is 4.90 Å². The molecule has 5 nitrogen and oxygen atoms in total. The molecule has 100 valence electrons. The number of hydrogen-bond donors (Lipinski definition) is 0. The molecule has 1 aromatic carbocycles. The van der Waals surface area contributed by atoms with E-state index in [0.29, 0.717) is 16.6 Å². The molecular weight excluding hydrogens is 288 g/mol. The SMILES string of the molecule is CCOC(=O)c1nc(CSc2ccccc2Cl)no1. The fraction of sp³-hybridized carbons (Fsp3) is 0.250. The lowest BCUT2D eigenvalue weighted by Gasteiger charge is -2.00. The molecule has 0 spiro atoms. The van der Waals surface area contributed by atoms with Crippen LogP contribution in [0.5, 0.6) is 0 Å². The molecular formula is C12H11ClN2O3S. The van der Waals surface area contributed by atoms with Crippen LogP contribution in [-0.2, 0) is 10.5 Å². The van der Waals surface area contributed by atoms with E-state index >= 15 is 0 Å². The van der Waals surface area contributed by atoms with Crippen molar-refractivity contribution < 1.29 is 14.1 Å². The summed E-state index contributed by atoms with van der Waals surface area (Å²) in [6, 6.07) is 7.47. The van der Waals surface area contributed by atoms with Crippen LogP contribution < -0.4 is 0 Å². The highest BCUT2D eigenvalue weighted by molar-refractivity contribution is 7.98. The number of thioether (sulfide) groups is 1. The molecule has 2 rings (SSSR count). The predicted octanol–water partition coefficient (Wildman–Crippen LogP) is 3.19. The number of carbonyl (C=O) groups excluding carboxylic acids is 1. The van der Waals surface area contributed by atoms with Crippen LogP contribution in [0.3, 0.4) is 0 Å². The number of hydrogen-bond acceptors (Lipinski definition) is 6. The topological polar surface area (TPSA) is 65.2 Å². The first-order valence-electron chi connectivity index (χ1n) is 5.57. The summed E-state index contributed by atoms with van der Waals surface area (Å²) in [6.07, 6.45) is 0. The summed E-state index contributed by atoms with van der Waals surface area (Å²) in [4.78, 5) is 16.2. The van der Waals surface area contributed by atoms with Gasteiger partial charge in [0.05, 0.1) is 17.4 Å². The van der Waals surface area contributed by atoms with Gasteiger partial charge >= 0.3 is 11.9 Å². The zero-order valence-electron chi connectivity index (χ0n) is 10.1. The molecule has 0 aliphatic carbocycles. The lowest BCUT2D eigenvalue weighted by molar-refractivity contribution is 0.0470. The van der Waals surface area contributed by atoms with E-state index < -0.39 is 5.97 Å². The molecule has 1 aromatic heterocycles. The Bertz CT molecular complexity index is 574. The second-order valence-corrected chi connectivity index (χ2v) is 4.88. The van der Waals surface area contributed by atoms with Crippen molar-refractivity contribution >= 4 is 29.3 Å². The Kier molecular flexibility index (Phi) is 4.81. The number of benzene rings is 1. The molecule has 0 aliphatic heterocycles. The predicted molar refractivity (Wildman–Crippen MR) is 71.3 cm³/mol. The summed E-state index contributed by atoms with van der Waals surface area (Å²) in [5.74, 6) is 0.153. The molecule has 0 saturated carbocycles. The van der Waals surface area contributed by atoms with Crippen LogP contribution in [0.4, 0.5) is 0 Å². The molecule has 0 radical (unpaired) electrons. The van der Waals surface area contributed by atoms with E-state index in [-0.39, 0.29) is 12.5 Å². The standard InChI is InChI=1S/C12H11ClN2O3S/c1-2-17-12(16)11-14-10(15-18-11)7-19-9-6-4-3-5-8(9)13/h3-6H,2,7H2,1H3. The van der Waals surface area contributed by atoms with Crippen LogP contribution in [0.15, 0.2) is 33.7 Å². The second kappa shape index (κ2) is 6.58. The quantitative estimate of drug-likeness (QED) is 0.624. The van der Waals surface area contributed by atoms with Crippen molar-refractivity contribution in [3.05, 3.63) is 41.0 Å². The van der Waals surface area contributed by atoms with Gasteiger partial charge < -0.3 is 9.26 Å². The number of nitrogens with zero attached hydrogens (tertiary/aromatic N) is 2. The maximum absolute atomic E-state index is 11.3. The Balaban J connectivity index is 1.97. The van der Waals surface area contributed by atoms with Gasteiger partial charge in [0.2, 0.25) is 0 Å². The largest absolute Gasteiger partial charge is 0.459 e. The fourth-order valence-electron chi connectivity index (χ4n) is 1.29. The molecule has 0 fully saturated rings. The van der Waals surface area contributed by atoms with Crippen molar-refractivity contribution in [2.45, 2.75) is 17.6 Å². The van der Waals surface area contributed by atoms with E-state index in [1.54, 1.807) is 6.92 Å². The molecule has 1 heterocycles. The average Bonchev–Trinajstić information content (AvgIpc) is 2.87. The van der Waals surface area contributed by atoms with Crippen molar-refractivity contribution in [1.29, 1.82) is 0 Å². The van der Waals surface area contributed by atoms with Gasteiger partial charge in [0, 0.05) is 4.90 Å². The Hall–Kier alpha value is -1.53. The minimum absolute atomic E-state index is 0.128. The van der Waals surface area contributed by atoms with Gasteiger partial charge in [-0.2, -0.15) is 4.98 Å². The van der Waals surface area contributed by atoms with Crippen molar-refractivity contribution in [3.8, 4) is 0 Å². The number of halogens is 1. The van der Waals surface area contributed by atoms with Gasteiger partial charge in [-0.05, 0) is 19.1 Å². The Labute approximate surface area is 119 Å². The average molecular weight is 299 g/mol. The summed E-state index contributed by atoms with van der Waals surface area (Å²) in [5, 5.41) is 4.38. The van der Waals surface area contributed by atoms with Gasteiger partial charge in [-0.15, -0.1) is 11.8 Å². The summed E-state index contributed by atoms with van der Waals surface area (Å²) >= 11 is 7.50. The highest BCUT2D eigenvalue weighted by Crippen LogP contribution is 2.28. The number of aromatic nitrogens is 2. The molecule has 0 amide bonds. The minimum atomic E-state index is -0.607. The summed E-state index contributed by atoms with van der Waals surface area (Å²) < 4.78 is 9.58. The maximum Gasteiger partial charge on any atom is 0.397 e. The lowest BCUT2D eigenvalue weighted by Crippen LogP contribution is -2.04. The first kappa shape index (κ1) is 13.9. The van der Waals surface area contributed by atoms with Crippen molar-refractivity contribution in [2.24, 2.45) is 0 Å². The number of esters is 1. The van der Waals surface area contributed by atoms with Crippen LogP contribution in [0, 0.1) is 0 Å². The van der Waals surface area contributed by atoms with Gasteiger partial charge in [0.1, 0.15) is 0 Å². The van der Waals surface area contributed by atoms with E-state index in [1.807, 2.05) is 24.3 Å². The van der Waals surface area contributed by atoms with Crippen LogP contribution in [-0.4, -0.2) is 22.7 Å². The highest BCUT2D eigenvalue weighted by Gasteiger charge is 2.16. The summed E-state index contributed by atoms with van der Waals surface area (Å²) in [5.41, 5.74) is 0. The third-order valence-electron chi connectivity index (χ3n) is 2.11. The highest BCUT2D eigenvalue weighted by atomic mass is 35.5. The van der Waals surface area contributed by atoms with Crippen LogP contribution in [0.2, 0.25) is 5.02 Å². The molecule has 0 N–H and O–H groups in total. The van der Waals surface area contributed by atoms with Gasteiger partial charge in [-0.25, -0.2) is 4.79 Å². The Morgan fingerprint density at radius 2 is 2.26 bits per heavy atom. The third-order valence-corrected chi connectivity index (χ3v) is 3.62. The molecule has 7 heteroatoms. The third kappa shape index (κ3) is 3.71. The lowest BCUT2D eigenvalue weighted by atomic mass is 10.4. The molecule has 2 aromatic rings. The number of carbonyl (C=O) groups is 1. The summed E-state index contributed by atoms with van der Waals surface area (Å²) in [6.45, 7) is 1.98. The molecule has 0 bridgehead atoms. The Morgan fingerprint density at radius 1 is 1.47 bits per heavy atom. The summed E-state index contributed by atoms with van der Waals surface area (Å²) in [7, 11) is 0. The van der Waals surface area contributed by atoms with E-state index in [4.69, 9.17) is 20.9 Å². The monoisotopic (exact) mass is 298 g/mol. The zero-order chi connectivity index (χ0) is 13.7. The minimum Gasteiger partial charge on any atom is -0.459 e. The van der Waals surface area contributed by atoms with Gasteiger partial charge in [-0.3, -0.25) is 0 Å². The van der Waals surface area contributed by atoms with E-state index in [1.165, 1.54) is 11.8 Å². The van der Waals surface area contributed by atoms with Gasteiger partial charge in [-0.1, -0.05) is 28.9 Å². The van der Waals surface area contributed by atoms with E-state index in [2.05, 4.69) is 10.1 Å². The smallest absolute Gasteiger partial charge is 0.397 e. The fourth-order valence-corrected chi connectivity index (χ4v) is 2.37. The van der Waals surface area contributed by atoms with Crippen LogP contribution >= 0.6 is 23.4 Å². The van der Waals surface area contributed by atoms with E-state index in [9.17, 15) is 4.79 Å². The number of ether oxygens (including phenoxy) is 1. The number of rotatable bonds is 5. The molecule has 0 saturated heterocycles. The first-order valence-corrected chi connectivity index (χ1v) is 6.94. The molecule has 0 aliphatic rings. The molecule has 0 unspecified atom stereocenters.